The van der Waals surface area contributed by atoms with Crippen LogP contribution in [0.15, 0.2) is 82.8 Å². The fourth-order valence-electron chi connectivity index (χ4n) is 6.83. The van der Waals surface area contributed by atoms with E-state index in [9.17, 15) is 29.1 Å². The zero-order valence-electron chi connectivity index (χ0n) is 33.3. The molecule has 1 aromatic carbocycles. The number of amides is 3. The quantitative estimate of drug-likeness (QED) is 0.180. The number of hydrogen-bond acceptors (Lipinski definition) is 10. The van der Waals surface area contributed by atoms with E-state index in [2.05, 4.69) is 29.4 Å². The summed E-state index contributed by atoms with van der Waals surface area (Å²) in [4.78, 5) is 68.8. The van der Waals surface area contributed by atoms with Crippen LogP contribution in [-0.4, -0.2) is 91.2 Å². The molecule has 1 aliphatic carbocycles. The Labute approximate surface area is 324 Å². The van der Waals surface area contributed by atoms with Crippen molar-refractivity contribution in [2.45, 2.75) is 98.2 Å². The van der Waals surface area contributed by atoms with Crippen LogP contribution in [0.5, 0.6) is 0 Å². The molecular formula is C42H58N4O9. The predicted molar refractivity (Wildman–Crippen MR) is 209 cm³/mol. The van der Waals surface area contributed by atoms with Gasteiger partial charge in [-0.1, -0.05) is 64.1 Å². The number of methoxy groups -OCH3 is 2. The predicted octanol–water partition coefficient (Wildman–Crippen LogP) is 4.81. The Bertz CT molecular complexity index is 1700. The van der Waals surface area contributed by atoms with Gasteiger partial charge in [-0.25, -0.2) is 4.79 Å². The number of carbonyl (C=O) groups excluding carboxylic acids is 5. The maximum atomic E-state index is 14.1. The largest absolute Gasteiger partial charge is 0.439 e. The number of Topliss-reactive ketones (excluding diaryl/α,β-unsaturated/α-hetero) is 1. The summed E-state index contributed by atoms with van der Waals surface area (Å²) in [5.74, 6) is -3.32. The van der Waals surface area contributed by atoms with E-state index >= 15 is 0 Å². The molecule has 300 valence electrons. The van der Waals surface area contributed by atoms with Gasteiger partial charge in [0.1, 0.15) is 6.10 Å². The molecule has 0 aromatic heterocycles. The number of aliphatic hydroxyl groups excluding tert-OH is 1. The van der Waals surface area contributed by atoms with Crippen LogP contribution in [0.2, 0.25) is 0 Å². The Morgan fingerprint density at radius 2 is 1.67 bits per heavy atom. The first kappa shape index (κ1) is 44.7. The lowest BCUT2D eigenvalue weighted by atomic mass is 9.85. The summed E-state index contributed by atoms with van der Waals surface area (Å²) in [6.07, 6.45) is 5.13. The maximum Gasteiger partial charge on any atom is 0.405 e. The van der Waals surface area contributed by atoms with Crippen LogP contribution in [0.4, 0.5) is 4.79 Å². The SMILES string of the molecule is CCCN(CCC)Cc1ccc(C(=O)NC2=C3C[C@@H](C)C[C@H](OC)[C@H](O)[C@@H](C)/C=C(\C)[C@@H](OC(N)=O)[C@@H](OC)/C=C\C=C(/C)C(=O)NC(=CC2=O)C3=O)cc1. The van der Waals surface area contributed by atoms with Gasteiger partial charge >= 0.3 is 6.09 Å². The first-order valence-electron chi connectivity index (χ1n) is 18.8. The van der Waals surface area contributed by atoms with Crippen LogP contribution >= 0.6 is 0 Å². The molecule has 1 aromatic rings. The van der Waals surface area contributed by atoms with Crippen molar-refractivity contribution in [3.05, 3.63) is 93.9 Å². The summed E-state index contributed by atoms with van der Waals surface area (Å²) in [5, 5.41) is 16.7. The number of hydrogen-bond donors (Lipinski definition) is 4. The van der Waals surface area contributed by atoms with Gasteiger partial charge in [0.25, 0.3) is 11.8 Å². The summed E-state index contributed by atoms with van der Waals surface area (Å²) >= 11 is 0. The Morgan fingerprint density at radius 3 is 2.25 bits per heavy atom. The standard InChI is InChI=1S/C42H58N4O9/c1-9-18-46(19-10-2)24-29-14-16-30(17-15-29)41(51)45-36-31-20-25(3)21-35(54-8)37(48)27(5)22-28(6)39(55-42(43)52)34(53-7)13-11-12-26(4)40(50)44-32(38(31)49)23-33(36)47/h11-17,22-23,25,27,34-35,37,39,48H,9-10,18-21,24H2,1-8H3,(H2,43,52)(H,44,50)(H,45,51)/b13-11-,26-12+,28-22+/t25-,27+,34+,35+,37-,39-/m1/s1. The monoisotopic (exact) mass is 762 g/mol. The molecule has 1 heterocycles. The van der Waals surface area contributed by atoms with Crippen LogP contribution in [0.1, 0.15) is 83.1 Å². The van der Waals surface area contributed by atoms with E-state index in [1.54, 1.807) is 38.1 Å². The number of ether oxygens (including phenoxy) is 3. The van der Waals surface area contributed by atoms with Crippen molar-refractivity contribution >= 4 is 29.5 Å². The van der Waals surface area contributed by atoms with E-state index in [4.69, 9.17) is 19.9 Å². The summed E-state index contributed by atoms with van der Waals surface area (Å²) in [6, 6.07) is 7.15. The van der Waals surface area contributed by atoms with Gasteiger partial charge in [-0.05, 0) is 81.8 Å². The van der Waals surface area contributed by atoms with Crippen molar-refractivity contribution in [2.24, 2.45) is 17.6 Å². The van der Waals surface area contributed by atoms with Gasteiger partial charge in [-0.3, -0.25) is 24.1 Å². The molecular weight excluding hydrogens is 704 g/mol. The number of nitrogens with zero attached hydrogens (tertiary/aromatic N) is 1. The highest BCUT2D eigenvalue weighted by Gasteiger charge is 2.34. The smallest absolute Gasteiger partial charge is 0.405 e. The molecule has 13 heteroatoms. The number of fused-ring (bicyclic) bond motifs is 2. The van der Waals surface area contributed by atoms with Crippen LogP contribution in [-0.2, 0) is 35.1 Å². The molecule has 0 saturated heterocycles. The minimum absolute atomic E-state index is 0.0223. The average molecular weight is 763 g/mol. The summed E-state index contributed by atoms with van der Waals surface area (Å²) < 4.78 is 16.7. The topological polar surface area (TPSA) is 187 Å². The third-order valence-electron chi connectivity index (χ3n) is 9.73. The van der Waals surface area contributed by atoms with Gasteiger partial charge < -0.3 is 35.7 Å². The highest BCUT2D eigenvalue weighted by molar-refractivity contribution is 6.24. The Morgan fingerprint density at radius 1 is 1.02 bits per heavy atom. The zero-order valence-corrected chi connectivity index (χ0v) is 33.3. The molecule has 1 aliphatic heterocycles. The van der Waals surface area contributed by atoms with Gasteiger partial charge in [0, 0.05) is 49.5 Å². The van der Waals surface area contributed by atoms with Gasteiger partial charge in [0.15, 0.2) is 6.10 Å². The lowest BCUT2D eigenvalue weighted by Crippen LogP contribution is -2.38. The fourth-order valence-corrected chi connectivity index (χ4v) is 6.83. The number of carbonyl (C=O) groups is 5. The van der Waals surface area contributed by atoms with Gasteiger partial charge in [-0.15, -0.1) is 0 Å². The van der Waals surface area contributed by atoms with Gasteiger partial charge in [0.05, 0.1) is 23.6 Å². The van der Waals surface area contributed by atoms with Gasteiger partial charge in [-0.2, -0.15) is 0 Å². The van der Waals surface area contributed by atoms with Crippen molar-refractivity contribution in [1.82, 2.24) is 15.5 Å². The Hall–Kier alpha value is -4.69. The Kier molecular flexibility index (Phi) is 17.4. The van der Waals surface area contributed by atoms with E-state index in [1.807, 2.05) is 19.1 Å². The molecule has 55 heavy (non-hydrogen) atoms. The number of aliphatic hydroxyl groups is 1. The summed E-state index contributed by atoms with van der Waals surface area (Å²) in [5.41, 5.74) is 7.12. The molecule has 0 saturated carbocycles. The second kappa shape index (κ2) is 21.4. The van der Waals surface area contributed by atoms with E-state index in [0.29, 0.717) is 11.1 Å². The van der Waals surface area contributed by atoms with Crippen LogP contribution < -0.4 is 16.4 Å². The molecule has 3 amide bonds. The molecule has 0 radical (unpaired) electrons. The maximum absolute atomic E-state index is 14.1. The highest BCUT2D eigenvalue weighted by Crippen LogP contribution is 2.29. The third kappa shape index (κ3) is 12.7. The molecule has 5 N–H and O–H groups in total. The number of nitrogens with two attached hydrogens (primary N) is 1. The number of allylic oxidation sites excluding steroid dienone is 4. The zero-order chi connectivity index (χ0) is 40.8. The van der Waals surface area contributed by atoms with Crippen molar-refractivity contribution in [2.75, 3.05) is 27.3 Å². The van der Waals surface area contributed by atoms with E-state index < -0.39 is 59.8 Å². The number of rotatable bonds is 11. The molecule has 0 spiro atoms. The van der Waals surface area contributed by atoms with E-state index in [-0.39, 0.29) is 41.3 Å². The van der Waals surface area contributed by atoms with Crippen molar-refractivity contribution in [1.29, 1.82) is 0 Å². The second-order valence-corrected chi connectivity index (χ2v) is 14.4. The molecule has 3 rings (SSSR count). The second-order valence-electron chi connectivity index (χ2n) is 14.4. The average Bonchev–Trinajstić information content (AvgIpc) is 3.14. The molecule has 2 bridgehead atoms. The van der Waals surface area contributed by atoms with E-state index in [0.717, 1.165) is 44.1 Å². The minimum atomic E-state index is -1.04. The number of nitrogens with one attached hydrogen (secondary N) is 2. The first-order valence-corrected chi connectivity index (χ1v) is 18.8. The Balaban J connectivity index is 2.02. The minimum Gasteiger partial charge on any atom is -0.439 e. The van der Waals surface area contributed by atoms with Crippen LogP contribution in [0.3, 0.4) is 0 Å². The van der Waals surface area contributed by atoms with Crippen LogP contribution in [0, 0.1) is 11.8 Å². The first-order chi connectivity index (χ1) is 26.1. The van der Waals surface area contributed by atoms with Gasteiger partial charge in [0.2, 0.25) is 11.6 Å². The molecule has 0 unspecified atom stereocenters. The summed E-state index contributed by atoms with van der Waals surface area (Å²) in [6.45, 7) is 13.8. The number of primary amides is 1. The normalized spacial score (nSPS) is 27.0. The molecule has 6 atom stereocenters. The molecule has 13 nitrogen and oxygen atoms in total. The van der Waals surface area contributed by atoms with Crippen LogP contribution in [0.25, 0.3) is 0 Å². The lowest BCUT2D eigenvalue weighted by Gasteiger charge is -2.30. The van der Waals surface area contributed by atoms with Crippen molar-refractivity contribution in [3.63, 3.8) is 0 Å². The molecule has 0 fully saturated rings. The molecule has 2 aliphatic rings. The number of ketones is 2. The fraction of sp³-hybridized carbons (Fsp3) is 0.500. The number of benzene rings is 1. The van der Waals surface area contributed by atoms with Crippen molar-refractivity contribution in [3.8, 4) is 0 Å². The lowest BCUT2D eigenvalue weighted by molar-refractivity contribution is -0.120. The third-order valence-corrected chi connectivity index (χ3v) is 9.73. The van der Waals surface area contributed by atoms with Crippen molar-refractivity contribution < 1.29 is 43.3 Å². The summed E-state index contributed by atoms with van der Waals surface area (Å²) in [7, 11) is 2.89. The van der Waals surface area contributed by atoms with E-state index in [1.165, 1.54) is 33.3 Å². The highest BCUT2D eigenvalue weighted by atomic mass is 16.6.